The zero-order chi connectivity index (χ0) is 14.9. The summed E-state index contributed by atoms with van der Waals surface area (Å²) in [4.78, 5) is 22.6. The van der Waals surface area contributed by atoms with Gasteiger partial charge in [0.25, 0.3) is 0 Å². The van der Waals surface area contributed by atoms with Crippen molar-refractivity contribution in [3.05, 3.63) is 35.4 Å². The molecule has 0 heterocycles. The van der Waals surface area contributed by atoms with E-state index in [1.165, 1.54) is 0 Å². The van der Waals surface area contributed by atoms with Gasteiger partial charge < -0.3 is 10.4 Å². The molecule has 1 aromatic carbocycles. The van der Waals surface area contributed by atoms with Crippen molar-refractivity contribution in [1.29, 1.82) is 0 Å². The van der Waals surface area contributed by atoms with Gasteiger partial charge in [0.2, 0.25) is 5.91 Å². The number of nitrogens with one attached hydrogen (secondary N) is 1. The van der Waals surface area contributed by atoms with E-state index in [2.05, 4.69) is 5.32 Å². The Morgan fingerprint density at radius 1 is 1.40 bits per heavy atom. The van der Waals surface area contributed by atoms with Gasteiger partial charge in [0.05, 0.1) is 17.9 Å². The average molecular weight is 283 g/mol. The number of hydrogen-bond acceptors (Lipinski definition) is 2. The minimum Gasteiger partial charge on any atom is -0.481 e. The fraction of sp³-hybridized carbons (Fsp3) is 0.429. The van der Waals surface area contributed by atoms with Gasteiger partial charge >= 0.3 is 5.97 Å². The van der Waals surface area contributed by atoms with E-state index in [0.717, 1.165) is 18.2 Å². The molecule has 0 spiro atoms. The van der Waals surface area contributed by atoms with E-state index in [9.17, 15) is 18.4 Å². The average Bonchev–Trinajstić information content (AvgIpc) is 3.19. The maximum absolute atomic E-state index is 13.7. The summed E-state index contributed by atoms with van der Waals surface area (Å²) in [7, 11) is 0. The fourth-order valence-corrected chi connectivity index (χ4v) is 2.22. The van der Waals surface area contributed by atoms with Crippen LogP contribution < -0.4 is 5.32 Å². The normalized spacial score (nSPS) is 22.1. The number of carbonyl (C=O) groups excluding carboxylic acids is 1. The molecule has 6 heteroatoms. The van der Waals surface area contributed by atoms with Crippen molar-refractivity contribution in [3.8, 4) is 0 Å². The first kappa shape index (κ1) is 14.4. The lowest BCUT2D eigenvalue weighted by molar-refractivity contribution is -0.140. The number of benzene rings is 1. The van der Waals surface area contributed by atoms with Gasteiger partial charge in [0, 0.05) is 5.56 Å². The third-order valence-corrected chi connectivity index (χ3v) is 3.50. The highest BCUT2D eigenvalue weighted by Crippen LogP contribution is 2.39. The lowest BCUT2D eigenvalue weighted by Crippen LogP contribution is -2.31. The SMILES string of the molecule is CC[C@H](NC(=O)[C@@H]1C[C@@H]1C(=O)O)c1cc(F)ccc1F. The molecule has 0 saturated heterocycles. The van der Waals surface area contributed by atoms with Gasteiger partial charge in [0.15, 0.2) is 0 Å². The summed E-state index contributed by atoms with van der Waals surface area (Å²) in [6.45, 7) is 1.73. The van der Waals surface area contributed by atoms with Gasteiger partial charge in [-0.25, -0.2) is 8.78 Å². The summed E-state index contributed by atoms with van der Waals surface area (Å²) in [6, 6.07) is 2.41. The minimum atomic E-state index is -1.00. The molecule has 1 aromatic rings. The number of halogens is 2. The molecule has 20 heavy (non-hydrogen) atoms. The first-order chi connectivity index (χ1) is 9.43. The summed E-state index contributed by atoms with van der Waals surface area (Å²) in [6.07, 6.45) is 0.680. The van der Waals surface area contributed by atoms with Gasteiger partial charge in [0.1, 0.15) is 11.6 Å². The maximum atomic E-state index is 13.7. The van der Waals surface area contributed by atoms with Crippen molar-refractivity contribution >= 4 is 11.9 Å². The van der Waals surface area contributed by atoms with Crippen LogP contribution in [-0.4, -0.2) is 17.0 Å². The molecule has 2 N–H and O–H groups in total. The quantitative estimate of drug-likeness (QED) is 0.871. The van der Waals surface area contributed by atoms with Gasteiger partial charge in [-0.2, -0.15) is 0 Å². The summed E-state index contributed by atoms with van der Waals surface area (Å²) in [5.74, 6) is -3.83. The molecule has 0 aliphatic heterocycles. The standard InChI is InChI=1S/C14H15F2NO3/c1-2-12(10-5-7(15)3-4-11(10)16)17-13(18)8-6-9(8)14(19)20/h3-5,8-9,12H,2,6H2,1H3,(H,17,18)(H,19,20)/t8-,9+,12+/m1/s1. The van der Waals surface area contributed by atoms with E-state index < -0.39 is 41.4 Å². The van der Waals surface area contributed by atoms with Crippen molar-refractivity contribution in [1.82, 2.24) is 5.32 Å². The molecular weight excluding hydrogens is 268 g/mol. The van der Waals surface area contributed by atoms with Crippen molar-refractivity contribution in [2.24, 2.45) is 11.8 Å². The fourth-order valence-electron chi connectivity index (χ4n) is 2.22. The predicted molar refractivity (Wildman–Crippen MR) is 66.8 cm³/mol. The zero-order valence-corrected chi connectivity index (χ0v) is 10.9. The molecule has 3 atom stereocenters. The molecule has 1 aliphatic carbocycles. The van der Waals surface area contributed by atoms with Crippen LogP contribution in [0.1, 0.15) is 31.4 Å². The third kappa shape index (κ3) is 2.95. The van der Waals surface area contributed by atoms with E-state index in [4.69, 9.17) is 5.11 Å². The second-order valence-electron chi connectivity index (χ2n) is 4.92. The van der Waals surface area contributed by atoms with Crippen LogP contribution in [0.4, 0.5) is 8.78 Å². The van der Waals surface area contributed by atoms with E-state index in [-0.39, 0.29) is 5.56 Å². The van der Waals surface area contributed by atoms with Gasteiger partial charge in [-0.3, -0.25) is 9.59 Å². The molecule has 4 nitrogen and oxygen atoms in total. The number of aliphatic carboxylic acids is 1. The Morgan fingerprint density at radius 3 is 2.65 bits per heavy atom. The Hall–Kier alpha value is -1.98. The Kier molecular flexibility index (Phi) is 4.01. The van der Waals surface area contributed by atoms with Crippen LogP contribution in [0, 0.1) is 23.5 Å². The molecular formula is C14H15F2NO3. The Balaban J connectivity index is 2.08. The van der Waals surface area contributed by atoms with Crippen LogP contribution in [-0.2, 0) is 9.59 Å². The molecule has 1 saturated carbocycles. The zero-order valence-electron chi connectivity index (χ0n) is 10.9. The second kappa shape index (κ2) is 5.56. The predicted octanol–water partition coefficient (Wildman–Crippen LogP) is 2.25. The van der Waals surface area contributed by atoms with E-state index in [1.54, 1.807) is 6.92 Å². The Morgan fingerprint density at radius 2 is 2.10 bits per heavy atom. The number of carbonyl (C=O) groups is 2. The molecule has 0 bridgehead atoms. The van der Waals surface area contributed by atoms with E-state index >= 15 is 0 Å². The topological polar surface area (TPSA) is 66.4 Å². The largest absolute Gasteiger partial charge is 0.481 e. The second-order valence-corrected chi connectivity index (χ2v) is 4.92. The highest BCUT2D eigenvalue weighted by Gasteiger charge is 2.48. The van der Waals surface area contributed by atoms with Crippen LogP contribution >= 0.6 is 0 Å². The first-order valence-corrected chi connectivity index (χ1v) is 6.42. The number of carboxylic acid groups (broad SMARTS) is 1. The number of amides is 1. The molecule has 1 amide bonds. The van der Waals surface area contributed by atoms with Crippen molar-refractivity contribution < 1.29 is 23.5 Å². The molecule has 0 aromatic heterocycles. The van der Waals surface area contributed by atoms with Crippen molar-refractivity contribution in [2.45, 2.75) is 25.8 Å². The summed E-state index contributed by atoms with van der Waals surface area (Å²) >= 11 is 0. The van der Waals surface area contributed by atoms with Crippen molar-refractivity contribution in [2.75, 3.05) is 0 Å². The highest BCUT2D eigenvalue weighted by molar-refractivity contribution is 5.89. The summed E-state index contributed by atoms with van der Waals surface area (Å²) in [5, 5.41) is 11.4. The molecule has 1 fully saturated rings. The number of hydrogen-bond donors (Lipinski definition) is 2. The first-order valence-electron chi connectivity index (χ1n) is 6.42. The van der Waals surface area contributed by atoms with Gasteiger partial charge in [-0.1, -0.05) is 6.92 Å². The molecule has 2 rings (SSSR count). The monoisotopic (exact) mass is 283 g/mol. The van der Waals surface area contributed by atoms with Crippen LogP contribution in [0.3, 0.4) is 0 Å². The highest BCUT2D eigenvalue weighted by atomic mass is 19.1. The smallest absolute Gasteiger partial charge is 0.307 e. The van der Waals surface area contributed by atoms with E-state index in [1.807, 2.05) is 0 Å². The lowest BCUT2D eigenvalue weighted by atomic mass is 10.0. The third-order valence-electron chi connectivity index (χ3n) is 3.50. The molecule has 1 aliphatic rings. The van der Waals surface area contributed by atoms with Crippen molar-refractivity contribution in [3.63, 3.8) is 0 Å². The van der Waals surface area contributed by atoms with Crippen LogP contribution in [0.5, 0.6) is 0 Å². The minimum absolute atomic E-state index is 0.0772. The van der Waals surface area contributed by atoms with Crippen LogP contribution in [0.2, 0.25) is 0 Å². The molecule has 0 radical (unpaired) electrons. The maximum Gasteiger partial charge on any atom is 0.307 e. The molecule has 108 valence electrons. The van der Waals surface area contributed by atoms with E-state index in [0.29, 0.717) is 12.8 Å². The van der Waals surface area contributed by atoms with Gasteiger partial charge in [-0.05, 0) is 31.0 Å². The van der Waals surface area contributed by atoms with Gasteiger partial charge in [-0.15, -0.1) is 0 Å². The lowest BCUT2D eigenvalue weighted by Gasteiger charge is -2.18. The summed E-state index contributed by atoms with van der Waals surface area (Å²) < 4.78 is 26.8. The molecule has 0 unspecified atom stereocenters. The van der Waals surface area contributed by atoms with Crippen LogP contribution in [0.15, 0.2) is 18.2 Å². The van der Waals surface area contributed by atoms with Crippen LogP contribution in [0.25, 0.3) is 0 Å². The number of carboxylic acids is 1. The number of rotatable bonds is 5. The Labute approximate surface area is 114 Å². The Bertz CT molecular complexity index is 547. The summed E-state index contributed by atoms with van der Waals surface area (Å²) in [5.41, 5.74) is 0.0772.